The van der Waals surface area contributed by atoms with Crippen LogP contribution in [0, 0.1) is 13.8 Å². The van der Waals surface area contributed by atoms with Crippen LogP contribution in [0.15, 0.2) is 24.4 Å². The molecular formula is C15H22N4. The normalized spacial score (nSPS) is 12.6. The van der Waals surface area contributed by atoms with Crippen molar-refractivity contribution < 1.29 is 0 Å². The first-order chi connectivity index (χ1) is 9.11. The van der Waals surface area contributed by atoms with Crippen molar-refractivity contribution in [1.82, 2.24) is 20.1 Å². The lowest BCUT2D eigenvalue weighted by Gasteiger charge is -2.19. The minimum atomic E-state index is 0.120. The van der Waals surface area contributed by atoms with Crippen molar-refractivity contribution in [2.45, 2.75) is 33.2 Å². The molecule has 4 nitrogen and oxygen atoms in total. The summed E-state index contributed by atoms with van der Waals surface area (Å²) in [5, 5.41) is 8.09. The smallest absolute Gasteiger partial charge is 0.0839 e. The summed E-state index contributed by atoms with van der Waals surface area (Å²) in [6.07, 6.45) is 3.08. The molecule has 102 valence electrons. The van der Waals surface area contributed by atoms with Gasteiger partial charge in [0.15, 0.2) is 0 Å². The van der Waals surface area contributed by atoms with Gasteiger partial charge in [-0.25, -0.2) is 0 Å². The van der Waals surface area contributed by atoms with Gasteiger partial charge in [0, 0.05) is 24.6 Å². The van der Waals surface area contributed by atoms with Crippen LogP contribution in [-0.2, 0) is 7.05 Å². The van der Waals surface area contributed by atoms with Gasteiger partial charge in [-0.2, -0.15) is 5.10 Å². The van der Waals surface area contributed by atoms with Crippen LogP contribution < -0.4 is 5.32 Å². The number of aryl methyl sites for hydroxylation is 3. The van der Waals surface area contributed by atoms with Crippen molar-refractivity contribution in [2.75, 3.05) is 6.54 Å². The van der Waals surface area contributed by atoms with E-state index in [0.717, 1.165) is 30.0 Å². The van der Waals surface area contributed by atoms with Crippen molar-refractivity contribution in [1.29, 1.82) is 0 Å². The van der Waals surface area contributed by atoms with E-state index in [4.69, 9.17) is 0 Å². The Morgan fingerprint density at radius 1 is 1.26 bits per heavy atom. The van der Waals surface area contributed by atoms with Crippen molar-refractivity contribution in [2.24, 2.45) is 7.05 Å². The SMILES string of the molecule is CCCNC(c1ccn(C)n1)c1ccc(C)nc1C. The third-order valence-electron chi connectivity index (χ3n) is 3.21. The summed E-state index contributed by atoms with van der Waals surface area (Å²) in [5.41, 5.74) is 4.37. The molecule has 0 spiro atoms. The van der Waals surface area contributed by atoms with E-state index in [0.29, 0.717) is 0 Å². The minimum Gasteiger partial charge on any atom is -0.305 e. The predicted octanol–water partition coefficient (Wildman–Crippen LogP) is 2.52. The van der Waals surface area contributed by atoms with Gasteiger partial charge < -0.3 is 5.32 Å². The Morgan fingerprint density at radius 3 is 2.63 bits per heavy atom. The second kappa shape index (κ2) is 5.97. The van der Waals surface area contributed by atoms with Gasteiger partial charge in [0.05, 0.1) is 11.7 Å². The molecule has 19 heavy (non-hydrogen) atoms. The molecule has 0 saturated heterocycles. The van der Waals surface area contributed by atoms with E-state index in [1.807, 2.05) is 24.9 Å². The predicted molar refractivity (Wildman–Crippen MR) is 77.1 cm³/mol. The molecule has 1 unspecified atom stereocenters. The van der Waals surface area contributed by atoms with Gasteiger partial charge in [-0.3, -0.25) is 9.67 Å². The third-order valence-corrected chi connectivity index (χ3v) is 3.21. The summed E-state index contributed by atoms with van der Waals surface area (Å²) in [6.45, 7) is 7.22. The standard InChI is InChI=1S/C15H22N4/c1-5-9-16-15(14-8-10-19(4)18-14)13-7-6-11(2)17-12(13)3/h6-8,10,15-16H,5,9H2,1-4H3. The fraction of sp³-hybridized carbons (Fsp3) is 0.467. The van der Waals surface area contributed by atoms with Gasteiger partial charge in [-0.15, -0.1) is 0 Å². The Hall–Kier alpha value is -1.68. The maximum absolute atomic E-state index is 4.56. The highest BCUT2D eigenvalue weighted by molar-refractivity contribution is 5.31. The average molecular weight is 258 g/mol. The largest absolute Gasteiger partial charge is 0.305 e. The van der Waals surface area contributed by atoms with Crippen LogP contribution in [0.2, 0.25) is 0 Å². The quantitative estimate of drug-likeness (QED) is 0.896. The lowest BCUT2D eigenvalue weighted by Crippen LogP contribution is -2.25. The summed E-state index contributed by atoms with van der Waals surface area (Å²) in [5.74, 6) is 0. The molecule has 0 aliphatic heterocycles. The molecule has 0 radical (unpaired) electrons. The van der Waals surface area contributed by atoms with Gasteiger partial charge in [0.2, 0.25) is 0 Å². The first kappa shape index (κ1) is 13.7. The second-order valence-electron chi connectivity index (χ2n) is 4.93. The molecule has 0 amide bonds. The zero-order valence-corrected chi connectivity index (χ0v) is 12.1. The van der Waals surface area contributed by atoms with Crippen LogP contribution >= 0.6 is 0 Å². The Balaban J connectivity index is 2.36. The van der Waals surface area contributed by atoms with E-state index in [-0.39, 0.29) is 6.04 Å². The van der Waals surface area contributed by atoms with Gasteiger partial charge >= 0.3 is 0 Å². The monoisotopic (exact) mass is 258 g/mol. The maximum Gasteiger partial charge on any atom is 0.0839 e. The van der Waals surface area contributed by atoms with Gasteiger partial charge in [-0.1, -0.05) is 13.0 Å². The molecule has 4 heteroatoms. The Kier molecular flexibility index (Phi) is 4.32. The van der Waals surface area contributed by atoms with Crippen molar-refractivity contribution in [3.63, 3.8) is 0 Å². The summed E-state index contributed by atoms with van der Waals surface area (Å²) in [6, 6.07) is 6.40. The molecule has 0 saturated carbocycles. The molecule has 0 bridgehead atoms. The highest BCUT2D eigenvalue weighted by Gasteiger charge is 2.18. The van der Waals surface area contributed by atoms with E-state index in [2.05, 4.69) is 47.4 Å². The molecule has 0 aliphatic carbocycles. The fourth-order valence-corrected chi connectivity index (χ4v) is 2.25. The third kappa shape index (κ3) is 3.20. The maximum atomic E-state index is 4.56. The van der Waals surface area contributed by atoms with Gasteiger partial charge in [0.25, 0.3) is 0 Å². The van der Waals surface area contributed by atoms with E-state index < -0.39 is 0 Å². The first-order valence-electron chi connectivity index (χ1n) is 6.79. The molecule has 0 aliphatic rings. The number of aromatic nitrogens is 3. The number of hydrogen-bond donors (Lipinski definition) is 1. The van der Waals surface area contributed by atoms with Crippen LogP contribution in [0.1, 0.15) is 42.0 Å². The van der Waals surface area contributed by atoms with Crippen LogP contribution in [0.4, 0.5) is 0 Å². The molecule has 1 atom stereocenters. The molecule has 0 fully saturated rings. The van der Waals surface area contributed by atoms with E-state index in [1.54, 1.807) is 0 Å². The topological polar surface area (TPSA) is 42.7 Å². The van der Waals surface area contributed by atoms with Crippen molar-refractivity contribution in [3.05, 3.63) is 47.0 Å². The Bertz CT molecular complexity index is 545. The van der Waals surface area contributed by atoms with Crippen molar-refractivity contribution in [3.8, 4) is 0 Å². The van der Waals surface area contributed by atoms with E-state index in [1.165, 1.54) is 5.56 Å². The van der Waals surface area contributed by atoms with E-state index >= 15 is 0 Å². The minimum absolute atomic E-state index is 0.120. The number of nitrogens with one attached hydrogen (secondary N) is 1. The zero-order chi connectivity index (χ0) is 13.8. The Morgan fingerprint density at radius 2 is 2.05 bits per heavy atom. The van der Waals surface area contributed by atoms with Crippen molar-refractivity contribution >= 4 is 0 Å². The summed E-state index contributed by atoms with van der Waals surface area (Å²) in [7, 11) is 1.95. The van der Waals surface area contributed by atoms with Crippen LogP contribution in [0.3, 0.4) is 0 Å². The van der Waals surface area contributed by atoms with Gasteiger partial charge in [0.1, 0.15) is 0 Å². The van der Waals surface area contributed by atoms with Gasteiger partial charge in [-0.05, 0) is 44.5 Å². The number of nitrogens with zero attached hydrogens (tertiary/aromatic N) is 3. The highest BCUT2D eigenvalue weighted by atomic mass is 15.3. The summed E-state index contributed by atoms with van der Waals surface area (Å²) < 4.78 is 1.84. The zero-order valence-electron chi connectivity index (χ0n) is 12.1. The number of pyridine rings is 1. The molecule has 2 heterocycles. The lowest BCUT2D eigenvalue weighted by molar-refractivity contribution is 0.571. The van der Waals surface area contributed by atoms with Crippen LogP contribution in [0.5, 0.6) is 0 Å². The molecule has 0 aromatic carbocycles. The summed E-state index contributed by atoms with van der Waals surface area (Å²) >= 11 is 0. The second-order valence-corrected chi connectivity index (χ2v) is 4.93. The van der Waals surface area contributed by atoms with Crippen LogP contribution in [0.25, 0.3) is 0 Å². The highest BCUT2D eigenvalue weighted by Crippen LogP contribution is 2.23. The first-order valence-corrected chi connectivity index (χ1v) is 6.79. The lowest BCUT2D eigenvalue weighted by atomic mass is 10.0. The molecule has 2 aromatic heterocycles. The Labute approximate surface area is 114 Å². The number of hydrogen-bond acceptors (Lipinski definition) is 3. The fourth-order valence-electron chi connectivity index (χ4n) is 2.25. The number of rotatable bonds is 5. The van der Waals surface area contributed by atoms with Crippen LogP contribution in [-0.4, -0.2) is 21.3 Å². The molecule has 2 aromatic rings. The average Bonchev–Trinajstić information content (AvgIpc) is 2.78. The van der Waals surface area contributed by atoms with E-state index in [9.17, 15) is 0 Å². The molecule has 2 rings (SSSR count). The summed E-state index contributed by atoms with van der Waals surface area (Å²) in [4.78, 5) is 4.56. The molecule has 1 N–H and O–H groups in total. The molecular weight excluding hydrogens is 236 g/mol.